The molecular formula is C34H21NOS. The van der Waals surface area contributed by atoms with E-state index in [1.165, 1.54) is 47.4 Å². The molecule has 0 unspecified atom stereocenters. The van der Waals surface area contributed by atoms with Gasteiger partial charge in [0.05, 0.1) is 10.4 Å². The minimum atomic E-state index is 0.935. The standard InChI is InChI=1S/C34H21NOS/c1-2-11-24(12-3-1)35(25-18-17-22-9-4-5-10-23(22)21-25)29-15-8-14-26-27-19-20-31-32(34(27)37-33(26)29)28-13-6-7-16-30(28)36-31/h1-21H. The summed E-state index contributed by atoms with van der Waals surface area (Å²) in [6.07, 6.45) is 0. The van der Waals surface area contributed by atoms with Gasteiger partial charge in [-0.25, -0.2) is 0 Å². The van der Waals surface area contributed by atoms with Crippen molar-refractivity contribution < 1.29 is 4.42 Å². The maximum absolute atomic E-state index is 6.21. The van der Waals surface area contributed by atoms with E-state index in [1.54, 1.807) is 0 Å². The Balaban J connectivity index is 1.45. The summed E-state index contributed by atoms with van der Waals surface area (Å²) in [5.41, 5.74) is 5.34. The van der Waals surface area contributed by atoms with Gasteiger partial charge in [-0.15, -0.1) is 11.3 Å². The third-order valence-corrected chi connectivity index (χ3v) is 8.49. The van der Waals surface area contributed by atoms with E-state index in [2.05, 4.69) is 126 Å². The van der Waals surface area contributed by atoms with Crippen molar-refractivity contribution in [1.82, 2.24) is 0 Å². The Morgan fingerprint density at radius 3 is 2.16 bits per heavy atom. The summed E-state index contributed by atoms with van der Waals surface area (Å²) in [6.45, 7) is 0. The highest BCUT2D eigenvalue weighted by atomic mass is 32.1. The predicted molar refractivity (Wildman–Crippen MR) is 159 cm³/mol. The molecule has 0 saturated heterocycles. The Bertz CT molecular complexity index is 2100. The highest BCUT2D eigenvalue weighted by molar-refractivity contribution is 7.27. The van der Waals surface area contributed by atoms with Crippen molar-refractivity contribution in [3.8, 4) is 0 Å². The van der Waals surface area contributed by atoms with Crippen molar-refractivity contribution in [3.05, 3.63) is 127 Å². The van der Waals surface area contributed by atoms with Crippen LogP contribution in [0.5, 0.6) is 0 Å². The average molecular weight is 492 g/mol. The lowest BCUT2D eigenvalue weighted by Gasteiger charge is -2.26. The quantitative estimate of drug-likeness (QED) is 0.244. The van der Waals surface area contributed by atoms with Gasteiger partial charge in [0, 0.05) is 37.6 Å². The molecule has 0 N–H and O–H groups in total. The fraction of sp³-hybridized carbons (Fsp3) is 0. The summed E-state index contributed by atoms with van der Waals surface area (Å²) in [5.74, 6) is 0. The molecule has 8 aromatic rings. The summed E-state index contributed by atoms with van der Waals surface area (Å²) < 4.78 is 8.76. The zero-order valence-electron chi connectivity index (χ0n) is 19.9. The molecule has 0 aliphatic rings. The van der Waals surface area contributed by atoms with Crippen molar-refractivity contribution in [2.45, 2.75) is 0 Å². The van der Waals surface area contributed by atoms with Gasteiger partial charge in [-0.2, -0.15) is 0 Å². The molecule has 37 heavy (non-hydrogen) atoms. The number of hydrogen-bond acceptors (Lipinski definition) is 3. The maximum atomic E-state index is 6.21. The van der Waals surface area contributed by atoms with Crippen molar-refractivity contribution in [1.29, 1.82) is 0 Å². The first-order valence-corrected chi connectivity index (χ1v) is 13.3. The third-order valence-electron chi connectivity index (χ3n) is 7.23. The van der Waals surface area contributed by atoms with Crippen molar-refractivity contribution >= 4 is 81.3 Å². The van der Waals surface area contributed by atoms with Crippen LogP contribution < -0.4 is 4.90 Å². The van der Waals surface area contributed by atoms with E-state index in [-0.39, 0.29) is 0 Å². The lowest BCUT2D eigenvalue weighted by atomic mass is 10.1. The van der Waals surface area contributed by atoms with Crippen LogP contribution in [0.1, 0.15) is 0 Å². The molecule has 0 radical (unpaired) electrons. The van der Waals surface area contributed by atoms with Gasteiger partial charge in [-0.05, 0) is 59.3 Å². The summed E-state index contributed by atoms with van der Waals surface area (Å²) in [7, 11) is 0. The molecule has 2 nitrogen and oxygen atoms in total. The number of benzene rings is 6. The third kappa shape index (κ3) is 3.11. The second kappa shape index (κ2) is 7.95. The number of thiophene rings is 1. The summed E-state index contributed by atoms with van der Waals surface area (Å²) in [6, 6.07) is 45.3. The second-order valence-corrected chi connectivity index (χ2v) is 10.4. The molecule has 2 heterocycles. The number of furan rings is 1. The van der Waals surface area contributed by atoms with Gasteiger partial charge < -0.3 is 9.32 Å². The Hall–Kier alpha value is -4.60. The molecule has 0 spiro atoms. The number of hydrogen-bond donors (Lipinski definition) is 0. The van der Waals surface area contributed by atoms with Crippen LogP contribution in [0.15, 0.2) is 132 Å². The number of rotatable bonds is 3. The SMILES string of the molecule is c1ccc(N(c2ccc3ccccc3c2)c2cccc3c2sc2c3ccc3oc4ccccc4c32)cc1. The fourth-order valence-corrected chi connectivity index (χ4v) is 6.90. The Kier molecular flexibility index (Phi) is 4.42. The highest BCUT2D eigenvalue weighted by Gasteiger charge is 2.20. The summed E-state index contributed by atoms with van der Waals surface area (Å²) in [4.78, 5) is 2.38. The largest absolute Gasteiger partial charge is 0.456 e. The number of nitrogens with zero attached hydrogens (tertiary/aromatic N) is 1. The first-order chi connectivity index (χ1) is 18.3. The van der Waals surface area contributed by atoms with Gasteiger partial charge in [-0.1, -0.05) is 78.9 Å². The summed E-state index contributed by atoms with van der Waals surface area (Å²) in [5, 5.41) is 7.39. The van der Waals surface area contributed by atoms with Crippen LogP contribution in [0.25, 0.3) is 52.9 Å². The molecule has 0 atom stereocenters. The zero-order valence-corrected chi connectivity index (χ0v) is 20.7. The van der Waals surface area contributed by atoms with Crippen molar-refractivity contribution in [2.75, 3.05) is 4.90 Å². The van der Waals surface area contributed by atoms with Crippen molar-refractivity contribution in [2.24, 2.45) is 0 Å². The number of anilines is 3. The average Bonchev–Trinajstić information content (AvgIpc) is 3.52. The fourth-order valence-electron chi connectivity index (χ4n) is 5.55. The molecule has 0 fully saturated rings. The van der Waals surface area contributed by atoms with E-state index >= 15 is 0 Å². The number of para-hydroxylation sites is 2. The second-order valence-electron chi connectivity index (χ2n) is 9.37. The molecule has 8 rings (SSSR count). The maximum Gasteiger partial charge on any atom is 0.136 e. The first-order valence-electron chi connectivity index (χ1n) is 12.4. The molecule has 2 aromatic heterocycles. The van der Waals surface area contributed by atoms with Gasteiger partial charge in [0.2, 0.25) is 0 Å². The molecular weight excluding hydrogens is 470 g/mol. The van der Waals surface area contributed by atoms with Crippen LogP contribution in [0.3, 0.4) is 0 Å². The molecule has 0 bridgehead atoms. The van der Waals surface area contributed by atoms with Crippen LogP contribution in [0.2, 0.25) is 0 Å². The highest BCUT2D eigenvalue weighted by Crippen LogP contribution is 2.48. The smallest absolute Gasteiger partial charge is 0.136 e. The molecule has 3 heteroatoms. The zero-order chi connectivity index (χ0) is 24.3. The molecule has 0 aliphatic heterocycles. The van der Waals surface area contributed by atoms with E-state index < -0.39 is 0 Å². The number of fused-ring (bicyclic) bond motifs is 8. The van der Waals surface area contributed by atoms with Crippen LogP contribution in [0.4, 0.5) is 17.1 Å². The van der Waals surface area contributed by atoms with E-state index in [1.807, 2.05) is 17.4 Å². The van der Waals surface area contributed by atoms with Crippen LogP contribution in [-0.4, -0.2) is 0 Å². The van der Waals surface area contributed by atoms with Crippen molar-refractivity contribution in [3.63, 3.8) is 0 Å². The lowest BCUT2D eigenvalue weighted by molar-refractivity contribution is 0.669. The molecule has 6 aromatic carbocycles. The van der Waals surface area contributed by atoms with E-state index in [4.69, 9.17) is 4.42 Å². The minimum Gasteiger partial charge on any atom is -0.456 e. The molecule has 0 amide bonds. The van der Waals surface area contributed by atoms with Gasteiger partial charge in [0.25, 0.3) is 0 Å². The topological polar surface area (TPSA) is 16.4 Å². The van der Waals surface area contributed by atoms with Gasteiger partial charge in [0.1, 0.15) is 11.2 Å². The monoisotopic (exact) mass is 491 g/mol. The lowest BCUT2D eigenvalue weighted by Crippen LogP contribution is -2.09. The Morgan fingerprint density at radius 2 is 1.24 bits per heavy atom. The normalized spacial score (nSPS) is 11.8. The first kappa shape index (κ1) is 20.6. The van der Waals surface area contributed by atoms with E-state index in [0.717, 1.165) is 22.5 Å². The van der Waals surface area contributed by atoms with Crippen LogP contribution >= 0.6 is 11.3 Å². The molecule has 174 valence electrons. The molecule has 0 aliphatic carbocycles. The molecule has 0 saturated carbocycles. The van der Waals surface area contributed by atoms with Crippen LogP contribution in [0, 0.1) is 0 Å². The van der Waals surface area contributed by atoms with Gasteiger partial charge >= 0.3 is 0 Å². The van der Waals surface area contributed by atoms with E-state index in [9.17, 15) is 0 Å². The Morgan fingerprint density at radius 1 is 0.486 bits per heavy atom. The minimum absolute atomic E-state index is 0.935. The van der Waals surface area contributed by atoms with E-state index in [0.29, 0.717) is 0 Å². The Labute approximate surface area is 217 Å². The predicted octanol–water partition coefficient (Wildman–Crippen LogP) is 10.6. The van der Waals surface area contributed by atoms with Crippen LogP contribution in [-0.2, 0) is 0 Å². The summed E-state index contributed by atoms with van der Waals surface area (Å²) >= 11 is 1.86. The van der Waals surface area contributed by atoms with Gasteiger partial charge in [0.15, 0.2) is 0 Å². The van der Waals surface area contributed by atoms with Gasteiger partial charge in [-0.3, -0.25) is 0 Å².